The van der Waals surface area contributed by atoms with Gasteiger partial charge in [0.25, 0.3) is 0 Å². The first-order chi connectivity index (χ1) is 7.56. The van der Waals surface area contributed by atoms with E-state index in [9.17, 15) is 5.11 Å². The molecule has 0 unspecified atom stereocenters. The lowest BCUT2D eigenvalue weighted by molar-refractivity contribution is 0.371. The molecule has 1 fully saturated rings. The number of rotatable bonds is 4. The van der Waals surface area contributed by atoms with Crippen molar-refractivity contribution in [2.24, 2.45) is 5.73 Å². The summed E-state index contributed by atoms with van der Waals surface area (Å²) in [4.78, 5) is 0. The molecule has 0 saturated heterocycles. The van der Waals surface area contributed by atoms with Crippen molar-refractivity contribution in [1.29, 1.82) is 0 Å². The van der Waals surface area contributed by atoms with Crippen LogP contribution in [0.3, 0.4) is 0 Å². The van der Waals surface area contributed by atoms with Gasteiger partial charge in [-0.2, -0.15) is 0 Å². The van der Waals surface area contributed by atoms with E-state index in [4.69, 9.17) is 10.5 Å². The number of nitrogens with two attached hydrogens (primary N) is 1. The fourth-order valence-corrected chi connectivity index (χ4v) is 2.27. The molecule has 0 aliphatic heterocycles. The summed E-state index contributed by atoms with van der Waals surface area (Å²) >= 11 is 3.39. The smallest absolute Gasteiger partial charge is 0.172 e. The molecule has 0 radical (unpaired) electrons. The second-order valence-corrected chi connectivity index (χ2v) is 5.24. The van der Waals surface area contributed by atoms with E-state index >= 15 is 0 Å². The maximum Gasteiger partial charge on any atom is 0.172 e. The number of hydrogen-bond acceptors (Lipinski definition) is 3. The van der Waals surface area contributed by atoms with Gasteiger partial charge in [-0.05, 0) is 53.2 Å². The minimum atomic E-state index is 0.0506. The highest BCUT2D eigenvalue weighted by Crippen LogP contribution is 2.40. The second kappa shape index (κ2) is 4.26. The third-order valence-electron chi connectivity index (χ3n) is 3.16. The average Bonchev–Trinajstić information content (AvgIpc) is 2.99. The number of ether oxygens (including phenoxy) is 1. The van der Waals surface area contributed by atoms with Crippen molar-refractivity contribution < 1.29 is 9.84 Å². The number of phenolic OH excluding ortho intramolecular Hbond substituents is 1. The number of aromatic hydroxyl groups is 1. The Morgan fingerprint density at radius 3 is 2.75 bits per heavy atom. The van der Waals surface area contributed by atoms with Crippen molar-refractivity contribution >= 4 is 15.9 Å². The van der Waals surface area contributed by atoms with Gasteiger partial charge in [0.05, 0.1) is 11.6 Å². The molecule has 0 bridgehead atoms. The Bertz CT molecular complexity index is 402. The molecule has 1 aromatic rings. The highest BCUT2D eigenvalue weighted by molar-refractivity contribution is 9.10. The van der Waals surface area contributed by atoms with E-state index in [-0.39, 0.29) is 11.3 Å². The van der Waals surface area contributed by atoms with Crippen LogP contribution in [-0.2, 0) is 6.42 Å². The lowest BCUT2D eigenvalue weighted by Crippen LogP contribution is -2.22. The van der Waals surface area contributed by atoms with Gasteiger partial charge in [0, 0.05) is 5.54 Å². The second-order valence-electron chi connectivity index (χ2n) is 4.45. The van der Waals surface area contributed by atoms with Crippen LogP contribution < -0.4 is 10.5 Å². The summed E-state index contributed by atoms with van der Waals surface area (Å²) in [6.45, 7) is 0. The average molecular weight is 286 g/mol. The monoisotopic (exact) mass is 285 g/mol. The van der Waals surface area contributed by atoms with Crippen molar-refractivity contribution in [3.8, 4) is 11.5 Å². The van der Waals surface area contributed by atoms with Crippen LogP contribution in [-0.4, -0.2) is 17.8 Å². The van der Waals surface area contributed by atoms with Crippen LogP contribution in [0.4, 0.5) is 0 Å². The molecule has 0 spiro atoms. The van der Waals surface area contributed by atoms with Gasteiger partial charge in [-0.15, -0.1) is 0 Å². The number of methoxy groups -OCH3 is 1. The third kappa shape index (κ3) is 2.33. The SMILES string of the molecule is COc1ccc(CCC2(N)CC2)c(Br)c1O. The number of aryl methyl sites for hydroxylation is 1. The molecule has 3 nitrogen and oxygen atoms in total. The highest BCUT2D eigenvalue weighted by Gasteiger charge is 2.37. The Balaban J connectivity index is 2.12. The Hall–Kier alpha value is -0.740. The molecule has 16 heavy (non-hydrogen) atoms. The first-order valence-corrected chi connectivity index (χ1v) is 6.18. The summed E-state index contributed by atoms with van der Waals surface area (Å²) in [5.41, 5.74) is 7.17. The van der Waals surface area contributed by atoms with Crippen LogP contribution in [0.1, 0.15) is 24.8 Å². The van der Waals surface area contributed by atoms with Crippen molar-refractivity contribution in [2.75, 3.05) is 7.11 Å². The van der Waals surface area contributed by atoms with E-state index in [0.717, 1.165) is 35.7 Å². The van der Waals surface area contributed by atoms with Gasteiger partial charge in [-0.25, -0.2) is 0 Å². The molecule has 1 saturated carbocycles. The van der Waals surface area contributed by atoms with E-state index in [0.29, 0.717) is 5.75 Å². The molecule has 3 N–H and O–H groups in total. The van der Waals surface area contributed by atoms with Crippen molar-refractivity contribution in [2.45, 2.75) is 31.2 Å². The Morgan fingerprint density at radius 1 is 1.50 bits per heavy atom. The summed E-state index contributed by atoms with van der Waals surface area (Å²) in [6.07, 6.45) is 4.09. The van der Waals surface area contributed by atoms with Gasteiger partial charge in [-0.3, -0.25) is 0 Å². The minimum absolute atomic E-state index is 0.0506. The van der Waals surface area contributed by atoms with E-state index in [1.807, 2.05) is 6.07 Å². The number of halogens is 1. The standard InChI is InChI=1S/C12H16BrNO2/c1-16-9-3-2-8(10(13)11(9)15)4-5-12(14)6-7-12/h2-3,15H,4-7,14H2,1H3. The molecule has 0 atom stereocenters. The molecule has 2 rings (SSSR count). The Morgan fingerprint density at radius 2 is 2.19 bits per heavy atom. The normalized spacial score (nSPS) is 17.2. The van der Waals surface area contributed by atoms with E-state index in [2.05, 4.69) is 15.9 Å². The van der Waals surface area contributed by atoms with Gasteiger partial charge in [0.1, 0.15) is 0 Å². The van der Waals surface area contributed by atoms with E-state index < -0.39 is 0 Å². The molecular formula is C12H16BrNO2. The molecule has 0 amide bonds. The van der Waals surface area contributed by atoms with Crippen molar-refractivity contribution in [3.05, 3.63) is 22.2 Å². The molecule has 0 aromatic heterocycles. The molecule has 1 aromatic carbocycles. The number of benzene rings is 1. The van der Waals surface area contributed by atoms with Crippen LogP contribution in [0, 0.1) is 0 Å². The van der Waals surface area contributed by atoms with Crippen LogP contribution in [0.25, 0.3) is 0 Å². The van der Waals surface area contributed by atoms with Gasteiger partial charge < -0.3 is 15.6 Å². The first kappa shape index (κ1) is 11.7. The predicted octanol–water partition coefficient (Wildman–Crippen LogP) is 2.59. The number of phenols is 1. The molecule has 1 aliphatic carbocycles. The summed E-state index contributed by atoms with van der Waals surface area (Å²) in [5, 5.41) is 9.82. The van der Waals surface area contributed by atoms with E-state index in [1.54, 1.807) is 13.2 Å². The summed E-state index contributed by atoms with van der Waals surface area (Å²) in [7, 11) is 1.54. The topological polar surface area (TPSA) is 55.5 Å². The maximum absolute atomic E-state index is 9.82. The van der Waals surface area contributed by atoms with E-state index in [1.165, 1.54) is 0 Å². The number of hydrogen-bond donors (Lipinski definition) is 2. The molecule has 88 valence electrons. The lowest BCUT2D eigenvalue weighted by atomic mass is 10.0. The fourth-order valence-electron chi connectivity index (χ4n) is 1.74. The third-order valence-corrected chi connectivity index (χ3v) is 4.05. The van der Waals surface area contributed by atoms with Gasteiger partial charge in [-0.1, -0.05) is 6.07 Å². The van der Waals surface area contributed by atoms with Crippen LogP contribution in [0.2, 0.25) is 0 Å². The predicted molar refractivity (Wildman–Crippen MR) is 66.8 cm³/mol. The van der Waals surface area contributed by atoms with Crippen molar-refractivity contribution in [3.63, 3.8) is 0 Å². The van der Waals surface area contributed by atoms with Gasteiger partial charge in [0.15, 0.2) is 11.5 Å². The lowest BCUT2D eigenvalue weighted by Gasteiger charge is -2.12. The molecule has 1 aliphatic rings. The van der Waals surface area contributed by atoms with Crippen LogP contribution in [0.5, 0.6) is 11.5 Å². The van der Waals surface area contributed by atoms with Gasteiger partial charge in [0.2, 0.25) is 0 Å². The fraction of sp³-hybridized carbons (Fsp3) is 0.500. The zero-order valence-corrected chi connectivity index (χ0v) is 10.9. The van der Waals surface area contributed by atoms with Gasteiger partial charge >= 0.3 is 0 Å². The molecule has 4 heteroatoms. The Labute approximate surface area is 104 Å². The summed E-state index contributed by atoms with van der Waals surface area (Å²) in [6, 6.07) is 3.75. The van der Waals surface area contributed by atoms with Crippen LogP contribution in [0.15, 0.2) is 16.6 Å². The Kier molecular flexibility index (Phi) is 3.13. The molecular weight excluding hydrogens is 270 g/mol. The minimum Gasteiger partial charge on any atom is -0.503 e. The summed E-state index contributed by atoms with van der Waals surface area (Å²) < 4.78 is 5.75. The summed E-state index contributed by atoms with van der Waals surface area (Å²) in [5.74, 6) is 0.659. The van der Waals surface area contributed by atoms with Crippen molar-refractivity contribution in [1.82, 2.24) is 0 Å². The highest BCUT2D eigenvalue weighted by atomic mass is 79.9. The quantitative estimate of drug-likeness (QED) is 0.894. The zero-order chi connectivity index (χ0) is 11.8. The molecule has 0 heterocycles. The maximum atomic E-state index is 9.82. The largest absolute Gasteiger partial charge is 0.503 e. The first-order valence-electron chi connectivity index (χ1n) is 5.39. The zero-order valence-electron chi connectivity index (χ0n) is 9.29. The van der Waals surface area contributed by atoms with Crippen LogP contribution >= 0.6 is 15.9 Å².